The Labute approximate surface area is 93.3 Å². The van der Waals surface area contributed by atoms with Gasteiger partial charge in [-0.25, -0.2) is 0 Å². The maximum atomic E-state index is 10.4. The van der Waals surface area contributed by atoms with Gasteiger partial charge in [0, 0.05) is 4.57 Å². The van der Waals surface area contributed by atoms with Crippen LogP contribution in [-0.4, -0.2) is 14.3 Å². The van der Waals surface area contributed by atoms with Crippen molar-refractivity contribution in [3.8, 4) is 0 Å². The van der Waals surface area contributed by atoms with Crippen molar-refractivity contribution in [1.82, 2.24) is 0 Å². The number of halogens is 3. The van der Waals surface area contributed by atoms with Gasteiger partial charge >= 0.3 is 8.25 Å². The van der Waals surface area contributed by atoms with Crippen molar-refractivity contribution in [2.45, 2.75) is 36.1 Å². The van der Waals surface area contributed by atoms with E-state index in [0.717, 1.165) is 0 Å². The van der Waals surface area contributed by atoms with E-state index in [2.05, 4.69) is 0 Å². The Morgan fingerprint density at radius 3 is 2.08 bits per heavy atom. The van der Waals surface area contributed by atoms with Crippen molar-refractivity contribution < 1.29 is 14.0 Å². The molecule has 0 fully saturated rings. The van der Waals surface area contributed by atoms with Gasteiger partial charge in [-0.2, -0.15) is 0 Å². The second-order valence-electron chi connectivity index (χ2n) is 3.20. The number of rotatable bonds is 4. The first-order valence-electron chi connectivity index (χ1n) is 3.54. The summed E-state index contributed by atoms with van der Waals surface area (Å²) >= 11 is 16.5. The van der Waals surface area contributed by atoms with Crippen LogP contribution in [0.4, 0.5) is 0 Å². The zero-order valence-electron chi connectivity index (χ0n) is 7.26. The van der Waals surface area contributed by atoms with E-state index in [-0.39, 0.29) is 6.42 Å². The molecule has 0 bridgehead atoms. The molecule has 0 aromatic rings. The Kier molecular flexibility index (Phi) is 5.46. The molecule has 78 valence electrons. The van der Waals surface area contributed by atoms with Gasteiger partial charge < -0.3 is 0 Å². The molecular weight excluding hydrogens is 257 g/mol. The normalized spacial score (nSPS) is 14.5. The molecule has 0 heterocycles. The average molecular weight is 268 g/mol. The van der Waals surface area contributed by atoms with E-state index in [1.807, 2.05) is 0 Å². The summed E-state index contributed by atoms with van der Waals surface area (Å²) in [6.45, 7) is 3.32. The van der Waals surface area contributed by atoms with Gasteiger partial charge in [-0.1, -0.05) is 34.8 Å². The molecule has 0 rings (SSSR count). The van der Waals surface area contributed by atoms with Crippen LogP contribution in [0.5, 0.6) is 0 Å². The first-order chi connectivity index (χ1) is 5.62. The second kappa shape index (κ2) is 5.11. The zero-order chi connectivity index (χ0) is 10.7. The molecule has 1 unspecified atom stereocenters. The molecule has 7 heteroatoms. The third kappa shape index (κ3) is 9.20. The fourth-order valence-corrected chi connectivity index (χ4v) is 1.50. The molecule has 0 aliphatic heterocycles. The van der Waals surface area contributed by atoms with Crippen molar-refractivity contribution in [3.05, 3.63) is 0 Å². The monoisotopic (exact) mass is 267 g/mol. The summed E-state index contributed by atoms with van der Waals surface area (Å²) in [4.78, 5) is 8.51. The minimum atomic E-state index is -2.62. The zero-order valence-corrected chi connectivity index (χ0v) is 10.4. The molecule has 0 aromatic heterocycles. The van der Waals surface area contributed by atoms with Gasteiger partial charge in [-0.3, -0.25) is 0 Å². The summed E-state index contributed by atoms with van der Waals surface area (Å²) in [6.07, 6.45) is 0.666. The number of alkyl halides is 3. The second-order valence-corrected chi connectivity index (χ2v) is 6.38. The van der Waals surface area contributed by atoms with Crippen molar-refractivity contribution in [3.63, 3.8) is 0 Å². The highest BCUT2D eigenvalue weighted by Crippen LogP contribution is 2.36. The van der Waals surface area contributed by atoms with Gasteiger partial charge in [-0.05, 0) is 26.7 Å². The predicted molar refractivity (Wildman–Crippen MR) is 54.5 cm³/mol. The van der Waals surface area contributed by atoms with Gasteiger partial charge in [-0.15, -0.1) is 9.42 Å². The van der Waals surface area contributed by atoms with Crippen LogP contribution in [0, 0.1) is 0 Å². The third-order valence-electron chi connectivity index (χ3n) is 1.34. The standard InChI is InChI=1S/C6H10Cl3O3P/c1-5(2,12-13(10)11)3-4-6(7,8)9/h3-4H2,1-2H3/p+1. The Morgan fingerprint density at radius 1 is 1.31 bits per heavy atom. The van der Waals surface area contributed by atoms with Crippen LogP contribution in [-0.2, 0) is 9.09 Å². The van der Waals surface area contributed by atoms with Crippen molar-refractivity contribution in [2.75, 3.05) is 0 Å². The SMILES string of the molecule is CC(C)(CCC(Cl)(Cl)Cl)O[P+](=O)O. The van der Waals surface area contributed by atoms with Crippen LogP contribution in [0.15, 0.2) is 0 Å². The first-order valence-corrected chi connectivity index (χ1v) is 5.81. The van der Waals surface area contributed by atoms with Crippen molar-refractivity contribution in [1.29, 1.82) is 0 Å². The number of hydrogen-bond donors (Lipinski definition) is 1. The van der Waals surface area contributed by atoms with E-state index < -0.39 is 17.6 Å². The molecule has 3 nitrogen and oxygen atoms in total. The fraction of sp³-hybridized carbons (Fsp3) is 1.00. The molecule has 0 aromatic carbocycles. The summed E-state index contributed by atoms with van der Waals surface area (Å²) in [7, 11) is -2.62. The quantitative estimate of drug-likeness (QED) is 0.626. The highest BCUT2D eigenvalue weighted by molar-refractivity contribution is 7.32. The summed E-state index contributed by atoms with van der Waals surface area (Å²) in [5, 5.41) is 0. The summed E-state index contributed by atoms with van der Waals surface area (Å²) in [6, 6.07) is 0. The fourth-order valence-electron chi connectivity index (χ4n) is 0.700. The summed E-state index contributed by atoms with van der Waals surface area (Å²) < 4.78 is 13.7. The Bertz CT molecular complexity index is 190. The van der Waals surface area contributed by atoms with Crippen molar-refractivity contribution in [2.24, 2.45) is 0 Å². The highest BCUT2D eigenvalue weighted by Gasteiger charge is 2.33. The first kappa shape index (κ1) is 13.9. The smallest absolute Gasteiger partial charge is 0.133 e. The van der Waals surface area contributed by atoms with Crippen LogP contribution in [0.3, 0.4) is 0 Å². The van der Waals surface area contributed by atoms with E-state index in [0.29, 0.717) is 6.42 Å². The van der Waals surface area contributed by atoms with E-state index in [1.54, 1.807) is 13.8 Å². The molecule has 1 N–H and O–H groups in total. The summed E-state index contributed by atoms with van der Waals surface area (Å²) in [5.74, 6) is 0. The highest BCUT2D eigenvalue weighted by atomic mass is 35.6. The molecule has 0 saturated heterocycles. The van der Waals surface area contributed by atoms with Crippen LogP contribution >= 0.6 is 43.1 Å². The van der Waals surface area contributed by atoms with Crippen LogP contribution in [0.2, 0.25) is 0 Å². The molecule has 1 atom stereocenters. The van der Waals surface area contributed by atoms with E-state index >= 15 is 0 Å². The lowest BCUT2D eigenvalue weighted by Crippen LogP contribution is -2.23. The molecule has 0 saturated carbocycles. The Hall–Kier alpha value is 0.890. The van der Waals surface area contributed by atoms with Gasteiger partial charge in [0.15, 0.2) is 3.79 Å². The van der Waals surface area contributed by atoms with E-state index in [1.165, 1.54) is 0 Å². The Morgan fingerprint density at radius 2 is 1.77 bits per heavy atom. The minimum Gasteiger partial charge on any atom is -0.133 e. The molecule has 0 amide bonds. The predicted octanol–water partition coefficient (Wildman–Crippen LogP) is 3.58. The molecule has 0 spiro atoms. The van der Waals surface area contributed by atoms with Crippen LogP contribution in [0.25, 0.3) is 0 Å². The minimum absolute atomic E-state index is 0.272. The topological polar surface area (TPSA) is 46.5 Å². The van der Waals surface area contributed by atoms with Crippen LogP contribution in [0.1, 0.15) is 26.7 Å². The van der Waals surface area contributed by atoms with Gasteiger partial charge in [0.1, 0.15) is 5.60 Å². The maximum absolute atomic E-state index is 10.4. The lowest BCUT2D eigenvalue weighted by Gasteiger charge is -2.19. The van der Waals surface area contributed by atoms with Crippen molar-refractivity contribution >= 4 is 43.1 Å². The van der Waals surface area contributed by atoms with Gasteiger partial charge in [0.2, 0.25) is 0 Å². The third-order valence-corrected chi connectivity index (χ3v) is 2.55. The Balaban J connectivity index is 3.96. The molecule has 13 heavy (non-hydrogen) atoms. The number of hydrogen-bond acceptors (Lipinski definition) is 2. The largest absolute Gasteiger partial charge is 0.695 e. The lowest BCUT2D eigenvalue weighted by molar-refractivity contribution is 0.0922. The lowest BCUT2D eigenvalue weighted by atomic mass is 10.0. The maximum Gasteiger partial charge on any atom is 0.695 e. The van der Waals surface area contributed by atoms with E-state index in [4.69, 9.17) is 44.2 Å². The molecular formula is C6H11Cl3O3P+. The van der Waals surface area contributed by atoms with Gasteiger partial charge in [0.05, 0.1) is 0 Å². The van der Waals surface area contributed by atoms with Gasteiger partial charge in [0.25, 0.3) is 0 Å². The van der Waals surface area contributed by atoms with Crippen LogP contribution < -0.4 is 0 Å². The molecule has 0 aliphatic rings. The van der Waals surface area contributed by atoms with E-state index in [9.17, 15) is 4.57 Å². The summed E-state index contributed by atoms with van der Waals surface area (Å²) in [5.41, 5.74) is -0.758. The molecule has 0 radical (unpaired) electrons. The molecule has 0 aliphatic carbocycles. The average Bonchev–Trinajstić information content (AvgIpc) is 1.79.